The van der Waals surface area contributed by atoms with E-state index in [-0.39, 0.29) is 75.4 Å². The Morgan fingerprint density at radius 3 is 2.46 bits per heavy atom. The van der Waals surface area contributed by atoms with Crippen LogP contribution in [0.15, 0.2) is 54.2 Å². The molecule has 5 atom stereocenters. The molecule has 366 valence electrons. The van der Waals surface area contributed by atoms with Crippen molar-refractivity contribution in [2.75, 3.05) is 54.1 Å². The molecule has 0 saturated carbocycles. The number of aldehydes is 1. The van der Waals surface area contributed by atoms with E-state index in [1.54, 1.807) is 37.2 Å². The molecule has 2 saturated heterocycles. The van der Waals surface area contributed by atoms with Gasteiger partial charge in [0.25, 0.3) is 5.91 Å². The fourth-order valence-corrected chi connectivity index (χ4v) is 9.88. The van der Waals surface area contributed by atoms with E-state index in [1.165, 1.54) is 16.0 Å². The summed E-state index contributed by atoms with van der Waals surface area (Å²) in [6.07, 6.45) is 7.06. The second-order valence-corrected chi connectivity index (χ2v) is 19.5. The van der Waals surface area contributed by atoms with Gasteiger partial charge in [-0.1, -0.05) is 53.0 Å². The number of hydrazine groups is 1. The van der Waals surface area contributed by atoms with Crippen molar-refractivity contribution in [1.29, 1.82) is 0 Å². The first-order valence-corrected chi connectivity index (χ1v) is 23.7. The minimum atomic E-state index is -1.24. The van der Waals surface area contributed by atoms with Gasteiger partial charge in [0.05, 0.1) is 36.6 Å². The summed E-state index contributed by atoms with van der Waals surface area (Å²) in [5, 5.41) is 5.31. The van der Waals surface area contributed by atoms with Gasteiger partial charge in [0.1, 0.15) is 23.9 Å². The molecule has 1 aromatic heterocycles. The maximum absolute atomic E-state index is 14.6. The molecule has 67 heavy (non-hydrogen) atoms. The van der Waals surface area contributed by atoms with Crippen LogP contribution in [0.1, 0.15) is 97.4 Å². The number of rotatable bonds is 13. The van der Waals surface area contributed by atoms with Crippen molar-refractivity contribution >= 4 is 58.5 Å². The van der Waals surface area contributed by atoms with Crippen LogP contribution >= 0.6 is 0 Å². The normalized spacial score (nSPS) is 23.4. The van der Waals surface area contributed by atoms with E-state index >= 15 is 0 Å². The summed E-state index contributed by atoms with van der Waals surface area (Å²) in [6, 6.07) is 4.10. The predicted molar refractivity (Wildman–Crippen MR) is 260 cm³/mol. The van der Waals surface area contributed by atoms with Crippen LogP contribution in [0.5, 0.6) is 0 Å². The maximum atomic E-state index is 14.6. The van der Waals surface area contributed by atoms with Gasteiger partial charge in [-0.2, -0.15) is 0 Å². The van der Waals surface area contributed by atoms with Crippen LogP contribution in [-0.2, 0) is 57.8 Å². The number of aryl methyl sites for hydroxylation is 1. The third kappa shape index (κ3) is 11.8. The van der Waals surface area contributed by atoms with Crippen LogP contribution in [-0.4, -0.2) is 144 Å². The number of nitrogens with one attached hydrogen (secondary N) is 2. The lowest BCUT2D eigenvalue weighted by Gasteiger charge is -2.42. The number of carbonyl (C=O) groups excluding carboxylic acids is 6. The number of amides is 5. The van der Waals surface area contributed by atoms with Crippen LogP contribution in [0.4, 0.5) is 0 Å². The van der Waals surface area contributed by atoms with Gasteiger partial charge in [0, 0.05) is 83.0 Å². The SMILES string of the molecule is C=CC(=O)N1CC[C@H](C(=O)N(C)[C@H](C(=O)N[C@H]2CCC(=O)N(C)Cc3ccc4c(c3)c(c(/C(C=C)=C(/N=C\C)[C@H](C)OC)n4CC)CC(C)(C)COC[C@@]3(C=O)CCCN(N3)C2=O)C(C)C)C1. The topological polar surface area (TPSA) is 175 Å². The predicted octanol–water partition coefficient (Wildman–Crippen LogP) is 5.09. The molecule has 0 radical (unpaired) electrons. The zero-order valence-electron chi connectivity index (χ0n) is 41.5. The smallest absolute Gasteiger partial charge is 0.259 e. The van der Waals surface area contributed by atoms with Crippen molar-refractivity contribution in [1.82, 2.24) is 35.0 Å². The second kappa shape index (κ2) is 22.6. The van der Waals surface area contributed by atoms with E-state index in [4.69, 9.17) is 14.5 Å². The van der Waals surface area contributed by atoms with Crippen molar-refractivity contribution in [3.8, 4) is 0 Å². The highest BCUT2D eigenvalue weighted by atomic mass is 16.5. The molecule has 2 fully saturated rings. The number of likely N-dealkylation sites (N-methyl/N-ethyl adjacent to an activating group) is 1. The van der Waals surface area contributed by atoms with E-state index in [1.807, 2.05) is 39.8 Å². The number of aromatic nitrogens is 1. The average Bonchev–Trinajstić information content (AvgIpc) is 3.91. The summed E-state index contributed by atoms with van der Waals surface area (Å²) < 4.78 is 14.6. The Bertz CT molecular complexity index is 2260. The highest BCUT2D eigenvalue weighted by Gasteiger charge is 2.42. The van der Waals surface area contributed by atoms with Crippen LogP contribution in [0.3, 0.4) is 0 Å². The molecular weight excluding hydrogens is 853 g/mol. The number of hydrogen-bond acceptors (Lipinski definition) is 10. The number of allylic oxidation sites excluding steroid dienone is 2. The van der Waals surface area contributed by atoms with Gasteiger partial charge >= 0.3 is 0 Å². The van der Waals surface area contributed by atoms with E-state index in [9.17, 15) is 28.8 Å². The first kappa shape index (κ1) is 52.5. The lowest BCUT2D eigenvalue weighted by atomic mass is 9.84. The van der Waals surface area contributed by atoms with Crippen LogP contribution in [0, 0.1) is 17.3 Å². The standard InChI is InChI=1S/C51H74N8O8/c1-13-37(44(52-15-3)34(7)66-12)46-39-27-50(8,9)31-67-32-51(30-60)23-17-24-59(54-51)49(65)40(19-21-43(62)55(10)28-35-18-20-41(38(39)26-35)58(46)16-4)53-47(63)45(33(5)6)56(11)48(64)36-22-25-57(29-36)42(61)14-2/h13-15,18,20,26,30,33-34,36,40,45,54H,1-2,16-17,19,21-25,27-29,31-32H2,3-12H3,(H,53,63)/b44-37+,52-15-/t34-,36-,40-,45-,51-/m0/s1. The number of nitrogens with zero attached hydrogens (tertiary/aromatic N) is 6. The van der Waals surface area contributed by atoms with E-state index in [0.717, 1.165) is 45.3 Å². The lowest BCUT2D eigenvalue weighted by Crippen LogP contribution is -2.66. The maximum Gasteiger partial charge on any atom is 0.259 e. The minimum absolute atomic E-state index is 0.0183. The van der Waals surface area contributed by atoms with Crippen LogP contribution in [0.25, 0.3) is 16.5 Å². The molecule has 4 bridgehead atoms. The Morgan fingerprint density at radius 2 is 1.84 bits per heavy atom. The Morgan fingerprint density at radius 1 is 1.10 bits per heavy atom. The fourth-order valence-electron chi connectivity index (χ4n) is 9.88. The van der Waals surface area contributed by atoms with Gasteiger partial charge < -0.3 is 38.9 Å². The number of methoxy groups -OCH3 is 1. The van der Waals surface area contributed by atoms with Crippen LogP contribution < -0.4 is 10.7 Å². The number of hydrogen-bond donors (Lipinski definition) is 2. The first-order chi connectivity index (χ1) is 31.8. The lowest BCUT2D eigenvalue weighted by molar-refractivity contribution is -0.149. The Kier molecular flexibility index (Phi) is 17.7. The fraction of sp³-hybridized carbons (Fsp3) is 0.588. The number of carbonyl (C=O) groups is 6. The molecule has 0 spiro atoms. The zero-order valence-corrected chi connectivity index (χ0v) is 41.5. The summed E-state index contributed by atoms with van der Waals surface area (Å²) in [5.41, 5.74) is 7.02. The quantitative estimate of drug-likeness (QED) is 0.120. The van der Waals surface area contributed by atoms with E-state index in [2.05, 4.69) is 61.4 Å². The van der Waals surface area contributed by atoms with E-state index in [0.29, 0.717) is 38.8 Å². The molecule has 5 rings (SSSR count). The van der Waals surface area contributed by atoms with Crippen molar-refractivity contribution in [3.05, 3.63) is 66.0 Å². The molecule has 0 aliphatic carbocycles. The number of fused-ring (bicyclic) bond motifs is 3. The van der Waals surface area contributed by atoms with Gasteiger partial charge in [-0.05, 0) is 93.5 Å². The van der Waals surface area contributed by atoms with Gasteiger partial charge in [-0.15, -0.1) is 0 Å². The van der Waals surface area contributed by atoms with Crippen molar-refractivity contribution in [2.45, 2.75) is 124 Å². The zero-order chi connectivity index (χ0) is 49.4. The molecule has 0 unspecified atom stereocenters. The van der Waals surface area contributed by atoms with Crippen molar-refractivity contribution in [3.63, 3.8) is 0 Å². The largest absolute Gasteiger partial charge is 0.378 e. The summed E-state index contributed by atoms with van der Waals surface area (Å²) in [5.74, 6) is -2.69. The van der Waals surface area contributed by atoms with Gasteiger partial charge in [0.15, 0.2) is 0 Å². The summed E-state index contributed by atoms with van der Waals surface area (Å²) in [6.45, 7) is 23.7. The molecule has 4 heterocycles. The molecule has 5 amide bonds. The van der Waals surface area contributed by atoms with Gasteiger partial charge in [-0.3, -0.25) is 34.0 Å². The highest BCUT2D eigenvalue weighted by Crippen LogP contribution is 2.39. The first-order valence-electron chi connectivity index (χ1n) is 23.7. The molecule has 16 nitrogen and oxygen atoms in total. The van der Waals surface area contributed by atoms with Crippen LogP contribution in [0.2, 0.25) is 0 Å². The Hall–Kier alpha value is -5.45. The summed E-state index contributed by atoms with van der Waals surface area (Å²) in [4.78, 5) is 91.6. The Labute approximate surface area is 396 Å². The van der Waals surface area contributed by atoms with E-state index < -0.39 is 40.8 Å². The van der Waals surface area contributed by atoms with Gasteiger partial charge in [0.2, 0.25) is 23.6 Å². The number of aliphatic imine (C=N–C) groups is 1. The molecule has 1 aromatic carbocycles. The molecule has 2 aromatic rings. The second-order valence-electron chi connectivity index (χ2n) is 19.5. The monoisotopic (exact) mass is 927 g/mol. The van der Waals surface area contributed by atoms with Crippen molar-refractivity contribution < 1.29 is 38.2 Å². The third-order valence-corrected chi connectivity index (χ3v) is 13.4. The minimum Gasteiger partial charge on any atom is -0.378 e. The number of benzene rings is 1. The molecule has 16 heteroatoms. The molecular formula is C51H74N8O8. The highest BCUT2D eigenvalue weighted by molar-refractivity contribution is 5.95. The summed E-state index contributed by atoms with van der Waals surface area (Å²) >= 11 is 0. The van der Waals surface area contributed by atoms with Gasteiger partial charge in [-0.25, -0.2) is 5.43 Å². The average molecular weight is 927 g/mol. The van der Waals surface area contributed by atoms with Crippen molar-refractivity contribution in [2.24, 2.45) is 22.2 Å². The molecule has 3 aliphatic heterocycles. The molecule has 3 aliphatic rings. The third-order valence-electron chi connectivity index (χ3n) is 13.4. The summed E-state index contributed by atoms with van der Waals surface area (Å²) in [7, 11) is 4.95. The Balaban J connectivity index is 1.54. The molecule has 2 N–H and O–H groups in total. The number of likely N-dealkylation sites (tertiary alicyclic amines) is 1. The number of ether oxygens (including phenoxy) is 2.